The largest absolute Gasteiger partial charge is 0.345 e. The van der Waals surface area contributed by atoms with E-state index in [1.165, 1.54) is 17.0 Å². The summed E-state index contributed by atoms with van der Waals surface area (Å²) in [7, 11) is 0. The number of hydrogen-bond donors (Lipinski definition) is 1. The van der Waals surface area contributed by atoms with Crippen LogP contribution < -0.4 is 5.32 Å². The average molecular weight is 301 g/mol. The van der Waals surface area contributed by atoms with Crippen molar-refractivity contribution in [1.29, 1.82) is 0 Å². The molecule has 2 amide bonds. The maximum absolute atomic E-state index is 12.9. The number of carbonyl (C=O) groups excluding carboxylic acids is 2. The molecule has 0 radical (unpaired) electrons. The van der Waals surface area contributed by atoms with E-state index < -0.39 is 0 Å². The molecular weight excluding hydrogens is 291 g/mol. The van der Waals surface area contributed by atoms with Crippen LogP contribution >= 0.6 is 15.9 Å². The molecule has 1 heterocycles. The van der Waals surface area contributed by atoms with Crippen LogP contribution in [0, 0.1) is 5.82 Å². The van der Waals surface area contributed by atoms with Gasteiger partial charge in [0.25, 0.3) is 0 Å². The van der Waals surface area contributed by atoms with Gasteiger partial charge in [-0.05, 0) is 17.7 Å². The van der Waals surface area contributed by atoms with Gasteiger partial charge in [-0.1, -0.05) is 22.0 Å². The highest BCUT2D eigenvalue weighted by molar-refractivity contribution is 9.10. The third-order valence-electron chi connectivity index (χ3n) is 2.50. The fraction of sp³-hybridized carbons (Fsp3) is 0.273. The van der Waals surface area contributed by atoms with Crippen molar-refractivity contribution in [2.45, 2.75) is 6.54 Å². The summed E-state index contributed by atoms with van der Waals surface area (Å²) in [5.41, 5.74) is 0.773. The van der Waals surface area contributed by atoms with Crippen LogP contribution in [-0.4, -0.2) is 29.8 Å². The van der Waals surface area contributed by atoms with E-state index in [0.29, 0.717) is 11.0 Å². The van der Waals surface area contributed by atoms with E-state index in [-0.39, 0.29) is 30.7 Å². The van der Waals surface area contributed by atoms with E-state index in [1.807, 2.05) is 0 Å². The molecule has 4 nitrogen and oxygen atoms in total. The van der Waals surface area contributed by atoms with Crippen molar-refractivity contribution < 1.29 is 14.0 Å². The molecule has 17 heavy (non-hydrogen) atoms. The lowest BCUT2D eigenvalue weighted by Gasteiger charge is -2.26. The van der Waals surface area contributed by atoms with Crippen molar-refractivity contribution in [3.63, 3.8) is 0 Å². The first-order chi connectivity index (χ1) is 8.06. The molecule has 0 aromatic heterocycles. The maximum atomic E-state index is 12.9. The van der Waals surface area contributed by atoms with Gasteiger partial charge in [0.05, 0.1) is 13.1 Å². The molecule has 0 aliphatic carbocycles. The summed E-state index contributed by atoms with van der Waals surface area (Å²) in [6.45, 7) is 0.368. The third kappa shape index (κ3) is 2.82. The molecule has 2 rings (SSSR count). The van der Waals surface area contributed by atoms with E-state index in [4.69, 9.17) is 0 Å². The molecule has 1 aliphatic heterocycles. The minimum Gasteiger partial charge on any atom is -0.345 e. The van der Waals surface area contributed by atoms with Gasteiger partial charge in [-0.25, -0.2) is 4.39 Å². The standard InChI is InChI=1S/C11H10BrFN2O2/c12-9-3-8(13)2-1-7(9)5-15-6-10(16)14-4-11(15)17/h1-3H,4-6H2,(H,14,16). The van der Waals surface area contributed by atoms with Crippen molar-refractivity contribution in [3.05, 3.63) is 34.1 Å². The lowest BCUT2D eigenvalue weighted by atomic mass is 10.2. The highest BCUT2D eigenvalue weighted by atomic mass is 79.9. The molecule has 90 valence electrons. The lowest BCUT2D eigenvalue weighted by Crippen LogP contribution is -2.51. The Balaban J connectivity index is 2.14. The van der Waals surface area contributed by atoms with E-state index in [9.17, 15) is 14.0 Å². The molecule has 1 aromatic carbocycles. The average Bonchev–Trinajstić information content (AvgIpc) is 2.27. The van der Waals surface area contributed by atoms with Crippen LogP contribution in [-0.2, 0) is 16.1 Å². The number of nitrogens with one attached hydrogen (secondary N) is 1. The molecule has 0 unspecified atom stereocenters. The van der Waals surface area contributed by atoms with Crippen LogP contribution in [0.5, 0.6) is 0 Å². The Morgan fingerprint density at radius 2 is 2.18 bits per heavy atom. The summed E-state index contributed by atoms with van der Waals surface area (Å²) in [6.07, 6.45) is 0. The van der Waals surface area contributed by atoms with Crippen molar-refractivity contribution >= 4 is 27.7 Å². The molecule has 1 saturated heterocycles. The number of rotatable bonds is 2. The van der Waals surface area contributed by atoms with Gasteiger partial charge in [0.1, 0.15) is 5.82 Å². The zero-order valence-electron chi connectivity index (χ0n) is 8.87. The van der Waals surface area contributed by atoms with Gasteiger partial charge in [-0.15, -0.1) is 0 Å². The predicted molar refractivity (Wildman–Crippen MR) is 62.5 cm³/mol. The van der Waals surface area contributed by atoms with Gasteiger partial charge in [0, 0.05) is 11.0 Å². The molecule has 0 atom stereocenters. The Labute approximate surface area is 106 Å². The zero-order chi connectivity index (χ0) is 12.4. The summed E-state index contributed by atoms with van der Waals surface area (Å²) < 4.78 is 13.5. The van der Waals surface area contributed by atoms with Crippen LogP contribution in [0.1, 0.15) is 5.56 Å². The lowest BCUT2D eigenvalue weighted by molar-refractivity contribution is -0.141. The monoisotopic (exact) mass is 300 g/mol. The van der Waals surface area contributed by atoms with E-state index in [0.717, 1.165) is 5.56 Å². The summed E-state index contributed by atoms with van der Waals surface area (Å²) in [4.78, 5) is 24.2. The minimum absolute atomic E-state index is 0.0254. The first-order valence-electron chi connectivity index (χ1n) is 5.04. The fourth-order valence-corrected chi connectivity index (χ4v) is 2.08. The maximum Gasteiger partial charge on any atom is 0.242 e. The fourth-order valence-electron chi connectivity index (χ4n) is 1.60. The second-order valence-corrected chi connectivity index (χ2v) is 4.62. The number of piperazine rings is 1. The van der Waals surface area contributed by atoms with Gasteiger partial charge in [0.15, 0.2) is 0 Å². The van der Waals surface area contributed by atoms with Crippen LogP contribution in [0.4, 0.5) is 4.39 Å². The SMILES string of the molecule is O=C1CN(Cc2ccc(F)cc2Br)C(=O)CN1. The van der Waals surface area contributed by atoms with Crippen LogP contribution in [0.15, 0.2) is 22.7 Å². The predicted octanol–water partition coefficient (Wildman–Crippen LogP) is 1.05. The summed E-state index contributed by atoms with van der Waals surface area (Å²) in [5.74, 6) is -0.660. The quantitative estimate of drug-likeness (QED) is 0.887. The molecular formula is C11H10BrFN2O2. The molecule has 1 aromatic rings. The number of carbonyl (C=O) groups is 2. The Hall–Kier alpha value is -1.43. The summed E-state index contributed by atoms with van der Waals surface area (Å²) >= 11 is 3.23. The molecule has 6 heteroatoms. The normalized spacial score (nSPS) is 16.0. The summed E-state index contributed by atoms with van der Waals surface area (Å²) in [6, 6.07) is 4.26. The highest BCUT2D eigenvalue weighted by Gasteiger charge is 2.23. The Morgan fingerprint density at radius 1 is 1.41 bits per heavy atom. The second kappa shape index (κ2) is 4.83. The number of amides is 2. The molecule has 1 fully saturated rings. The number of benzene rings is 1. The number of halogens is 2. The first kappa shape index (κ1) is 12.0. The van der Waals surface area contributed by atoms with Crippen LogP contribution in [0.25, 0.3) is 0 Å². The van der Waals surface area contributed by atoms with Gasteiger partial charge >= 0.3 is 0 Å². The van der Waals surface area contributed by atoms with Gasteiger partial charge in [-0.2, -0.15) is 0 Å². The van der Waals surface area contributed by atoms with Crippen molar-refractivity contribution in [1.82, 2.24) is 10.2 Å². The molecule has 0 saturated carbocycles. The van der Waals surface area contributed by atoms with Crippen molar-refractivity contribution in [2.24, 2.45) is 0 Å². The number of hydrogen-bond acceptors (Lipinski definition) is 2. The van der Waals surface area contributed by atoms with Gasteiger partial charge < -0.3 is 10.2 Å². The Kier molecular flexibility index (Phi) is 3.42. The number of nitrogens with zero attached hydrogens (tertiary/aromatic N) is 1. The van der Waals surface area contributed by atoms with Crippen LogP contribution in [0.2, 0.25) is 0 Å². The molecule has 1 aliphatic rings. The second-order valence-electron chi connectivity index (χ2n) is 3.76. The summed E-state index contributed by atoms with van der Waals surface area (Å²) in [5, 5.41) is 2.47. The van der Waals surface area contributed by atoms with Crippen LogP contribution in [0.3, 0.4) is 0 Å². The zero-order valence-corrected chi connectivity index (χ0v) is 10.5. The van der Waals surface area contributed by atoms with Gasteiger partial charge in [0.2, 0.25) is 11.8 Å². The van der Waals surface area contributed by atoms with Crippen molar-refractivity contribution in [3.8, 4) is 0 Å². The first-order valence-corrected chi connectivity index (χ1v) is 5.84. The van der Waals surface area contributed by atoms with Crippen molar-refractivity contribution in [2.75, 3.05) is 13.1 Å². The Morgan fingerprint density at radius 3 is 2.88 bits per heavy atom. The minimum atomic E-state index is -0.344. The van der Waals surface area contributed by atoms with Gasteiger partial charge in [-0.3, -0.25) is 9.59 Å². The van der Waals surface area contributed by atoms with E-state index in [2.05, 4.69) is 21.2 Å². The Bertz CT molecular complexity index is 479. The highest BCUT2D eigenvalue weighted by Crippen LogP contribution is 2.20. The molecule has 1 N–H and O–H groups in total. The van der Waals surface area contributed by atoms with E-state index >= 15 is 0 Å². The third-order valence-corrected chi connectivity index (χ3v) is 3.24. The van der Waals surface area contributed by atoms with E-state index in [1.54, 1.807) is 6.07 Å². The smallest absolute Gasteiger partial charge is 0.242 e. The topological polar surface area (TPSA) is 49.4 Å². The molecule has 0 bridgehead atoms. The molecule has 0 spiro atoms.